The first-order valence-corrected chi connectivity index (χ1v) is 7.07. The average Bonchev–Trinajstić information content (AvgIpc) is 2.37. The Morgan fingerprint density at radius 1 is 1.08 bits per heavy atom. The fourth-order valence-electron chi connectivity index (χ4n) is 1.56. The standard InChI is InChI=1S/C15H19F3N2O4/c1-14(2,3)24-13(22)19-9-8-12(21)20-10-4-6-11(7-5-10)23-15(16,17)18/h4-7H,8-9H2,1-3H3,(H,19,22)(H,20,21). The highest BCUT2D eigenvalue weighted by molar-refractivity contribution is 5.91. The number of hydrogen-bond donors (Lipinski definition) is 2. The van der Waals surface area contributed by atoms with E-state index in [-0.39, 0.29) is 18.7 Å². The Morgan fingerprint density at radius 3 is 2.17 bits per heavy atom. The van der Waals surface area contributed by atoms with Gasteiger partial charge in [-0.25, -0.2) is 4.79 Å². The number of carbonyl (C=O) groups excluding carboxylic acids is 2. The molecule has 0 aliphatic rings. The van der Waals surface area contributed by atoms with Gasteiger partial charge in [0.25, 0.3) is 0 Å². The fraction of sp³-hybridized carbons (Fsp3) is 0.467. The molecular formula is C15H19F3N2O4. The SMILES string of the molecule is CC(C)(C)OC(=O)NCCC(=O)Nc1ccc(OC(F)(F)F)cc1. The number of alkyl carbamates (subject to hydrolysis) is 1. The first kappa shape index (κ1) is 19.6. The second kappa shape index (κ2) is 7.89. The van der Waals surface area contributed by atoms with Crippen LogP contribution in [0.2, 0.25) is 0 Å². The predicted octanol–water partition coefficient (Wildman–Crippen LogP) is 3.44. The van der Waals surface area contributed by atoms with Crippen LogP contribution >= 0.6 is 0 Å². The zero-order chi connectivity index (χ0) is 18.4. The van der Waals surface area contributed by atoms with Gasteiger partial charge in [-0.05, 0) is 45.0 Å². The Hall–Kier alpha value is -2.45. The second-order valence-electron chi connectivity index (χ2n) is 5.80. The van der Waals surface area contributed by atoms with Crippen molar-refractivity contribution >= 4 is 17.7 Å². The maximum absolute atomic E-state index is 12.0. The minimum atomic E-state index is -4.77. The Morgan fingerprint density at radius 2 is 1.67 bits per heavy atom. The zero-order valence-corrected chi connectivity index (χ0v) is 13.5. The Labute approximate surface area is 137 Å². The van der Waals surface area contributed by atoms with E-state index in [0.717, 1.165) is 12.1 Å². The van der Waals surface area contributed by atoms with Gasteiger partial charge in [-0.2, -0.15) is 0 Å². The van der Waals surface area contributed by atoms with Gasteiger partial charge >= 0.3 is 12.5 Å². The number of nitrogens with one attached hydrogen (secondary N) is 2. The first-order chi connectivity index (χ1) is 10.9. The first-order valence-electron chi connectivity index (χ1n) is 7.07. The van der Waals surface area contributed by atoms with Crippen LogP contribution in [0.3, 0.4) is 0 Å². The number of rotatable bonds is 5. The topological polar surface area (TPSA) is 76.7 Å². The van der Waals surface area contributed by atoms with Crippen LogP contribution in [-0.2, 0) is 9.53 Å². The van der Waals surface area contributed by atoms with Crippen LogP contribution in [0, 0.1) is 0 Å². The Balaban J connectivity index is 2.36. The highest BCUT2D eigenvalue weighted by atomic mass is 19.4. The molecular weight excluding hydrogens is 329 g/mol. The molecule has 1 rings (SSSR count). The fourth-order valence-corrected chi connectivity index (χ4v) is 1.56. The Kier molecular flexibility index (Phi) is 6.44. The zero-order valence-electron chi connectivity index (χ0n) is 13.5. The van der Waals surface area contributed by atoms with Crippen molar-refractivity contribution in [2.45, 2.75) is 39.2 Å². The summed E-state index contributed by atoms with van der Waals surface area (Å²) in [6.45, 7) is 5.21. The molecule has 2 N–H and O–H groups in total. The molecule has 0 unspecified atom stereocenters. The van der Waals surface area contributed by atoms with Crippen molar-refractivity contribution in [2.24, 2.45) is 0 Å². The molecule has 0 saturated heterocycles. The number of anilines is 1. The molecule has 0 saturated carbocycles. The van der Waals surface area contributed by atoms with Crippen LogP contribution in [0.15, 0.2) is 24.3 Å². The molecule has 2 amide bonds. The molecule has 1 aromatic carbocycles. The summed E-state index contributed by atoms with van der Waals surface area (Å²) in [5.41, 5.74) is -0.321. The van der Waals surface area contributed by atoms with Crippen LogP contribution in [0.4, 0.5) is 23.7 Å². The van der Waals surface area contributed by atoms with Crippen molar-refractivity contribution in [3.63, 3.8) is 0 Å². The van der Waals surface area contributed by atoms with Gasteiger partial charge in [-0.1, -0.05) is 0 Å². The molecule has 0 aromatic heterocycles. The van der Waals surface area contributed by atoms with Crippen LogP contribution in [0.5, 0.6) is 5.75 Å². The second-order valence-corrected chi connectivity index (χ2v) is 5.80. The molecule has 134 valence electrons. The van der Waals surface area contributed by atoms with Crippen LogP contribution in [0.25, 0.3) is 0 Å². The smallest absolute Gasteiger partial charge is 0.444 e. The van der Waals surface area contributed by atoms with Gasteiger partial charge in [0.1, 0.15) is 11.4 Å². The van der Waals surface area contributed by atoms with E-state index in [0.29, 0.717) is 5.69 Å². The third-order valence-electron chi connectivity index (χ3n) is 2.39. The third kappa shape index (κ3) is 8.86. The molecule has 0 bridgehead atoms. The monoisotopic (exact) mass is 348 g/mol. The highest BCUT2D eigenvalue weighted by Crippen LogP contribution is 2.23. The van der Waals surface area contributed by atoms with Crippen molar-refractivity contribution in [2.75, 3.05) is 11.9 Å². The molecule has 0 aliphatic carbocycles. The normalized spacial score (nSPS) is 11.6. The van der Waals surface area contributed by atoms with Gasteiger partial charge in [-0.3, -0.25) is 4.79 Å². The lowest BCUT2D eigenvalue weighted by Gasteiger charge is -2.19. The van der Waals surface area contributed by atoms with E-state index in [1.54, 1.807) is 20.8 Å². The van der Waals surface area contributed by atoms with E-state index in [1.807, 2.05) is 0 Å². The van der Waals surface area contributed by atoms with Gasteiger partial charge in [0, 0.05) is 18.7 Å². The summed E-state index contributed by atoms with van der Waals surface area (Å²) in [4.78, 5) is 23.1. The van der Waals surface area contributed by atoms with Crippen molar-refractivity contribution in [3.05, 3.63) is 24.3 Å². The van der Waals surface area contributed by atoms with E-state index in [2.05, 4.69) is 15.4 Å². The molecule has 9 heteroatoms. The predicted molar refractivity (Wildman–Crippen MR) is 80.6 cm³/mol. The van der Waals surface area contributed by atoms with Gasteiger partial charge in [0.15, 0.2) is 0 Å². The number of benzene rings is 1. The molecule has 6 nitrogen and oxygen atoms in total. The van der Waals surface area contributed by atoms with Crippen molar-refractivity contribution in [1.82, 2.24) is 5.32 Å². The summed E-state index contributed by atoms with van der Waals surface area (Å²) in [5, 5.41) is 4.91. The molecule has 1 aromatic rings. The number of halogens is 3. The van der Waals surface area contributed by atoms with E-state index >= 15 is 0 Å². The maximum Gasteiger partial charge on any atom is 0.573 e. The van der Waals surface area contributed by atoms with E-state index in [4.69, 9.17) is 4.74 Å². The minimum absolute atomic E-state index is 0.0138. The summed E-state index contributed by atoms with van der Waals surface area (Å²) in [5.74, 6) is -0.789. The number of carbonyl (C=O) groups is 2. The van der Waals surface area contributed by atoms with Crippen molar-refractivity contribution in [3.8, 4) is 5.75 Å². The van der Waals surface area contributed by atoms with E-state index in [9.17, 15) is 22.8 Å². The van der Waals surface area contributed by atoms with Crippen LogP contribution in [-0.4, -0.2) is 30.5 Å². The lowest BCUT2D eigenvalue weighted by atomic mass is 10.2. The quantitative estimate of drug-likeness (QED) is 0.855. The molecule has 0 fully saturated rings. The summed E-state index contributed by atoms with van der Waals surface area (Å²) in [7, 11) is 0. The van der Waals surface area contributed by atoms with E-state index < -0.39 is 24.0 Å². The molecule has 0 aliphatic heterocycles. The van der Waals surface area contributed by atoms with E-state index in [1.165, 1.54) is 12.1 Å². The molecule has 24 heavy (non-hydrogen) atoms. The van der Waals surface area contributed by atoms with Crippen LogP contribution in [0.1, 0.15) is 27.2 Å². The maximum atomic E-state index is 12.0. The lowest BCUT2D eigenvalue weighted by molar-refractivity contribution is -0.274. The highest BCUT2D eigenvalue weighted by Gasteiger charge is 2.30. The summed E-state index contributed by atoms with van der Waals surface area (Å²) in [6.07, 6.45) is -5.41. The Bertz CT molecular complexity index is 566. The van der Waals surface area contributed by atoms with Crippen molar-refractivity contribution < 1.29 is 32.2 Å². The molecule has 0 radical (unpaired) electrons. The number of hydrogen-bond acceptors (Lipinski definition) is 4. The summed E-state index contributed by atoms with van der Waals surface area (Å²) < 4.78 is 44.8. The molecule has 0 spiro atoms. The third-order valence-corrected chi connectivity index (χ3v) is 2.39. The van der Waals surface area contributed by atoms with Gasteiger partial charge < -0.3 is 20.1 Å². The molecule has 0 atom stereocenters. The van der Waals surface area contributed by atoms with Gasteiger partial charge in [0.05, 0.1) is 0 Å². The van der Waals surface area contributed by atoms with Gasteiger partial charge in [0.2, 0.25) is 5.91 Å². The van der Waals surface area contributed by atoms with Gasteiger partial charge in [-0.15, -0.1) is 13.2 Å². The number of amides is 2. The van der Waals surface area contributed by atoms with Crippen molar-refractivity contribution in [1.29, 1.82) is 0 Å². The minimum Gasteiger partial charge on any atom is -0.444 e. The number of alkyl halides is 3. The van der Waals surface area contributed by atoms with Crippen LogP contribution < -0.4 is 15.4 Å². The molecule has 0 heterocycles. The largest absolute Gasteiger partial charge is 0.573 e. The average molecular weight is 348 g/mol. The summed E-state index contributed by atoms with van der Waals surface area (Å²) >= 11 is 0. The lowest BCUT2D eigenvalue weighted by Crippen LogP contribution is -2.34. The number of ether oxygens (including phenoxy) is 2. The summed E-state index contributed by atoms with van der Waals surface area (Å²) in [6, 6.07) is 4.73.